The number of amides is 1. The van der Waals surface area contributed by atoms with Gasteiger partial charge in [-0.25, -0.2) is 4.98 Å². The van der Waals surface area contributed by atoms with Crippen LogP contribution >= 0.6 is 22.9 Å². The monoisotopic (exact) mass is 599 g/mol. The van der Waals surface area contributed by atoms with Crippen molar-refractivity contribution in [2.45, 2.75) is 38.9 Å². The van der Waals surface area contributed by atoms with Crippen LogP contribution in [0.1, 0.15) is 45.9 Å². The molecule has 218 valence electrons. The average molecular weight is 600 g/mol. The molecule has 0 spiro atoms. The molecule has 6 nitrogen and oxygen atoms in total. The summed E-state index contributed by atoms with van der Waals surface area (Å²) in [5.74, 6) is 0.834. The standard InChI is InChI=1S/C34H38ClN5OS/c1-37(2)20-21-39(34(41)33-32(35)27-14-6-9-17-30(27)42-33)24-31-36-28-15-7-8-16-29(28)40(31)23-26-13-5-4-12-25(26)22-38-18-10-3-11-19-38/h4-9,12-17H,3,10-11,18-24H2,1-2H3. The summed E-state index contributed by atoms with van der Waals surface area (Å²) in [6, 6.07) is 25.0. The summed E-state index contributed by atoms with van der Waals surface area (Å²) in [5, 5.41) is 1.47. The molecule has 0 radical (unpaired) electrons. The number of para-hydroxylation sites is 2. The summed E-state index contributed by atoms with van der Waals surface area (Å²) < 4.78 is 3.32. The van der Waals surface area contributed by atoms with Crippen molar-refractivity contribution >= 4 is 50.0 Å². The zero-order chi connectivity index (χ0) is 29.1. The number of rotatable bonds is 10. The van der Waals surface area contributed by atoms with E-state index in [1.54, 1.807) is 0 Å². The van der Waals surface area contributed by atoms with Gasteiger partial charge in [0.25, 0.3) is 5.91 Å². The van der Waals surface area contributed by atoms with Crippen molar-refractivity contribution in [3.8, 4) is 0 Å². The van der Waals surface area contributed by atoms with Crippen molar-refractivity contribution in [3.05, 3.63) is 99.6 Å². The Balaban J connectivity index is 1.34. The number of likely N-dealkylation sites (N-methyl/N-ethyl adjacent to an activating group) is 1. The van der Waals surface area contributed by atoms with Crippen LogP contribution in [0.25, 0.3) is 21.1 Å². The summed E-state index contributed by atoms with van der Waals surface area (Å²) >= 11 is 8.26. The molecule has 3 heterocycles. The van der Waals surface area contributed by atoms with Gasteiger partial charge in [0.2, 0.25) is 0 Å². The number of likely N-dealkylation sites (tertiary alicyclic amines) is 1. The number of hydrogen-bond acceptors (Lipinski definition) is 5. The van der Waals surface area contributed by atoms with Gasteiger partial charge in [0.15, 0.2) is 0 Å². The van der Waals surface area contributed by atoms with Gasteiger partial charge < -0.3 is 14.4 Å². The van der Waals surface area contributed by atoms with E-state index in [-0.39, 0.29) is 5.91 Å². The average Bonchev–Trinajstić information content (AvgIpc) is 3.53. The minimum Gasteiger partial charge on any atom is -0.329 e. The highest BCUT2D eigenvalue weighted by Crippen LogP contribution is 2.36. The lowest BCUT2D eigenvalue weighted by Crippen LogP contribution is -2.37. The van der Waals surface area contributed by atoms with Crippen LogP contribution in [-0.2, 0) is 19.6 Å². The molecule has 1 aliphatic heterocycles. The number of carbonyl (C=O) groups is 1. The van der Waals surface area contributed by atoms with Crippen LogP contribution in [0.5, 0.6) is 0 Å². The summed E-state index contributed by atoms with van der Waals surface area (Å²) in [7, 11) is 4.06. The van der Waals surface area contributed by atoms with Crippen LogP contribution in [0.2, 0.25) is 5.02 Å². The van der Waals surface area contributed by atoms with Crippen molar-refractivity contribution in [3.63, 3.8) is 0 Å². The lowest BCUT2D eigenvalue weighted by atomic mass is 10.0. The molecule has 0 aliphatic carbocycles. The molecule has 2 aromatic heterocycles. The van der Waals surface area contributed by atoms with Crippen LogP contribution in [0.15, 0.2) is 72.8 Å². The van der Waals surface area contributed by atoms with Gasteiger partial charge in [-0.1, -0.05) is 72.6 Å². The van der Waals surface area contributed by atoms with Gasteiger partial charge in [0.05, 0.1) is 22.6 Å². The highest BCUT2D eigenvalue weighted by Gasteiger charge is 2.25. The quantitative estimate of drug-likeness (QED) is 0.171. The van der Waals surface area contributed by atoms with E-state index in [2.05, 4.69) is 56.8 Å². The Hall–Kier alpha value is -3.23. The maximum atomic E-state index is 14.1. The molecule has 6 rings (SSSR count). The maximum Gasteiger partial charge on any atom is 0.265 e. The summed E-state index contributed by atoms with van der Waals surface area (Å²) in [5.41, 5.74) is 4.69. The van der Waals surface area contributed by atoms with E-state index >= 15 is 0 Å². The molecule has 0 saturated carbocycles. The van der Waals surface area contributed by atoms with Crippen LogP contribution in [0.3, 0.4) is 0 Å². The Kier molecular flexibility index (Phi) is 8.91. The molecule has 1 aliphatic rings. The first kappa shape index (κ1) is 28.9. The highest BCUT2D eigenvalue weighted by atomic mass is 35.5. The largest absolute Gasteiger partial charge is 0.329 e. The molecule has 0 N–H and O–H groups in total. The first-order chi connectivity index (χ1) is 20.5. The molecule has 1 amide bonds. The number of hydrogen-bond donors (Lipinski definition) is 0. The molecular weight excluding hydrogens is 562 g/mol. The van der Waals surface area contributed by atoms with E-state index in [0.29, 0.717) is 29.5 Å². The summed E-state index contributed by atoms with van der Waals surface area (Å²) in [4.78, 5) is 26.4. The normalized spacial score (nSPS) is 14.3. The van der Waals surface area contributed by atoms with E-state index in [4.69, 9.17) is 16.6 Å². The zero-order valence-electron chi connectivity index (χ0n) is 24.4. The number of fused-ring (bicyclic) bond motifs is 2. The lowest BCUT2D eigenvalue weighted by molar-refractivity contribution is 0.0731. The van der Waals surface area contributed by atoms with Crippen molar-refractivity contribution in [1.82, 2.24) is 24.3 Å². The van der Waals surface area contributed by atoms with Gasteiger partial charge in [0.1, 0.15) is 10.7 Å². The van der Waals surface area contributed by atoms with E-state index in [9.17, 15) is 4.79 Å². The molecule has 0 unspecified atom stereocenters. The number of imidazole rings is 1. The third-order valence-corrected chi connectivity index (χ3v) is 9.85. The zero-order valence-corrected chi connectivity index (χ0v) is 26.0. The Bertz CT molecular complexity index is 1690. The third-order valence-electron chi connectivity index (χ3n) is 8.19. The fourth-order valence-electron chi connectivity index (χ4n) is 5.86. The molecule has 1 fully saturated rings. The van der Waals surface area contributed by atoms with E-state index in [0.717, 1.165) is 53.1 Å². The fraction of sp³-hybridized carbons (Fsp3) is 0.353. The predicted octanol–water partition coefficient (Wildman–Crippen LogP) is 7.14. The molecular formula is C34H38ClN5OS. The SMILES string of the molecule is CN(C)CCN(Cc1nc2ccccc2n1Cc1ccccc1CN1CCCCC1)C(=O)c1sc2ccccc2c1Cl. The molecule has 3 aromatic carbocycles. The molecule has 5 aromatic rings. The highest BCUT2D eigenvalue weighted by molar-refractivity contribution is 7.21. The second-order valence-corrected chi connectivity index (χ2v) is 12.9. The molecule has 42 heavy (non-hydrogen) atoms. The van der Waals surface area contributed by atoms with Crippen LogP contribution < -0.4 is 0 Å². The molecule has 1 saturated heterocycles. The van der Waals surface area contributed by atoms with Crippen LogP contribution in [0.4, 0.5) is 0 Å². The first-order valence-corrected chi connectivity index (χ1v) is 16.0. The lowest BCUT2D eigenvalue weighted by Gasteiger charge is -2.27. The minimum atomic E-state index is -0.0489. The third kappa shape index (κ3) is 6.25. The second kappa shape index (κ2) is 13.0. The Morgan fingerprint density at radius 3 is 2.33 bits per heavy atom. The number of benzene rings is 3. The number of nitrogens with zero attached hydrogens (tertiary/aromatic N) is 5. The summed E-state index contributed by atoms with van der Waals surface area (Å²) in [6.45, 7) is 5.72. The van der Waals surface area contributed by atoms with E-state index in [1.807, 2.05) is 49.3 Å². The number of thiophene rings is 1. The second-order valence-electron chi connectivity index (χ2n) is 11.5. The van der Waals surface area contributed by atoms with Crippen molar-refractivity contribution in [1.29, 1.82) is 0 Å². The van der Waals surface area contributed by atoms with Gasteiger partial charge in [-0.2, -0.15) is 0 Å². The van der Waals surface area contributed by atoms with Crippen LogP contribution in [0, 0.1) is 0 Å². The Labute approximate surface area is 257 Å². The van der Waals surface area contributed by atoms with Gasteiger partial charge in [-0.05, 0) is 69.4 Å². The van der Waals surface area contributed by atoms with E-state index < -0.39 is 0 Å². The number of halogens is 1. The number of piperidine rings is 1. The Morgan fingerprint density at radius 2 is 1.57 bits per heavy atom. The van der Waals surface area contributed by atoms with Gasteiger partial charge >= 0.3 is 0 Å². The molecule has 0 bridgehead atoms. The fourth-order valence-corrected chi connectivity index (χ4v) is 7.34. The van der Waals surface area contributed by atoms with Gasteiger partial charge in [0, 0.05) is 36.3 Å². The van der Waals surface area contributed by atoms with Gasteiger partial charge in [-0.15, -0.1) is 11.3 Å². The van der Waals surface area contributed by atoms with E-state index in [1.165, 1.54) is 41.7 Å². The molecule has 0 atom stereocenters. The minimum absolute atomic E-state index is 0.0489. The maximum absolute atomic E-state index is 14.1. The van der Waals surface area contributed by atoms with Gasteiger partial charge in [-0.3, -0.25) is 9.69 Å². The Morgan fingerprint density at radius 1 is 0.881 bits per heavy atom. The molecule has 8 heteroatoms. The van der Waals surface area contributed by atoms with Crippen molar-refractivity contribution in [2.24, 2.45) is 0 Å². The summed E-state index contributed by atoms with van der Waals surface area (Å²) in [6.07, 6.45) is 3.89. The van der Waals surface area contributed by atoms with Crippen LogP contribution in [-0.4, -0.2) is 70.4 Å². The topological polar surface area (TPSA) is 44.6 Å². The smallest absolute Gasteiger partial charge is 0.265 e. The predicted molar refractivity (Wildman–Crippen MR) is 175 cm³/mol. The number of carbonyl (C=O) groups excluding carboxylic acids is 1. The number of aromatic nitrogens is 2. The van der Waals surface area contributed by atoms with Crippen molar-refractivity contribution in [2.75, 3.05) is 40.3 Å². The first-order valence-electron chi connectivity index (χ1n) is 14.8. The van der Waals surface area contributed by atoms with Crippen molar-refractivity contribution < 1.29 is 4.79 Å².